The van der Waals surface area contributed by atoms with Gasteiger partial charge >= 0.3 is 0 Å². The Morgan fingerprint density at radius 2 is 1.89 bits per heavy atom. The van der Waals surface area contributed by atoms with Crippen molar-refractivity contribution in [1.82, 2.24) is 0 Å². The van der Waals surface area contributed by atoms with Crippen LogP contribution in [0.5, 0.6) is 0 Å². The van der Waals surface area contributed by atoms with Crippen molar-refractivity contribution in [2.24, 2.45) is 0 Å². The molecule has 0 saturated carbocycles. The Kier molecular flexibility index (Phi) is 2.79. The van der Waals surface area contributed by atoms with Gasteiger partial charge in [0.05, 0.1) is 5.02 Å². The Labute approximate surface area is 117 Å². The standard InChI is InChI=1S/C17H13ClO/c1-10(2)17(19)14-8-7-13-12-6-4-3-5-11(12)9-15(13)16(14)18/h3-8H,1,9H2,2H3. The summed E-state index contributed by atoms with van der Waals surface area (Å²) in [5.41, 5.74) is 5.74. The lowest BCUT2D eigenvalue weighted by molar-refractivity contribution is 0.103. The van der Waals surface area contributed by atoms with E-state index in [0.717, 1.165) is 17.5 Å². The van der Waals surface area contributed by atoms with E-state index >= 15 is 0 Å². The second-order valence-corrected chi connectivity index (χ2v) is 5.27. The number of benzene rings is 2. The van der Waals surface area contributed by atoms with Crippen LogP contribution in [0.1, 0.15) is 28.4 Å². The third-order valence-electron chi connectivity index (χ3n) is 3.55. The van der Waals surface area contributed by atoms with Crippen molar-refractivity contribution in [3.05, 3.63) is 70.3 Å². The van der Waals surface area contributed by atoms with E-state index in [1.165, 1.54) is 11.1 Å². The van der Waals surface area contributed by atoms with Gasteiger partial charge in [0.25, 0.3) is 0 Å². The number of hydrogen-bond donors (Lipinski definition) is 0. The van der Waals surface area contributed by atoms with Crippen molar-refractivity contribution in [3.8, 4) is 11.1 Å². The maximum absolute atomic E-state index is 12.1. The second kappa shape index (κ2) is 4.36. The Morgan fingerprint density at radius 1 is 1.16 bits per heavy atom. The Hall–Kier alpha value is -1.86. The van der Waals surface area contributed by atoms with Crippen LogP contribution >= 0.6 is 11.6 Å². The molecule has 2 aromatic rings. The first-order valence-electron chi connectivity index (χ1n) is 6.19. The fraction of sp³-hybridized carbons (Fsp3) is 0.118. The number of halogens is 1. The lowest BCUT2D eigenvalue weighted by Crippen LogP contribution is -2.02. The molecule has 0 radical (unpaired) electrons. The molecule has 0 spiro atoms. The molecular formula is C17H13ClO. The number of fused-ring (bicyclic) bond motifs is 3. The van der Waals surface area contributed by atoms with Gasteiger partial charge in [0.1, 0.15) is 0 Å². The molecular weight excluding hydrogens is 256 g/mol. The van der Waals surface area contributed by atoms with Crippen molar-refractivity contribution in [3.63, 3.8) is 0 Å². The first-order chi connectivity index (χ1) is 9.09. The van der Waals surface area contributed by atoms with Crippen LogP contribution in [0, 0.1) is 0 Å². The van der Waals surface area contributed by atoms with Gasteiger partial charge in [0, 0.05) is 12.0 Å². The summed E-state index contributed by atoms with van der Waals surface area (Å²) in [4.78, 5) is 12.1. The van der Waals surface area contributed by atoms with E-state index in [9.17, 15) is 4.79 Å². The van der Waals surface area contributed by atoms with Crippen LogP contribution in [-0.4, -0.2) is 5.78 Å². The van der Waals surface area contributed by atoms with Crippen molar-refractivity contribution in [2.45, 2.75) is 13.3 Å². The molecule has 1 aliphatic carbocycles. The molecule has 0 heterocycles. The van der Waals surface area contributed by atoms with Gasteiger partial charge in [-0.25, -0.2) is 0 Å². The zero-order valence-electron chi connectivity index (χ0n) is 10.7. The van der Waals surface area contributed by atoms with Gasteiger partial charge in [0.15, 0.2) is 5.78 Å². The van der Waals surface area contributed by atoms with Gasteiger partial charge in [-0.2, -0.15) is 0 Å². The van der Waals surface area contributed by atoms with Gasteiger partial charge in [0.2, 0.25) is 0 Å². The highest BCUT2D eigenvalue weighted by Gasteiger charge is 2.23. The van der Waals surface area contributed by atoms with Crippen LogP contribution < -0.4 is 0 Å². The Bertz CT molecular complexity index is 713. The summed E-state index contributed by atoms with van der Waals surface area (Å²) in [7, 11) is 0. The maximum Gasteiger partial charge on any atom is 0.189 e. The molecule has 1 nitrogen and oxygen atoms in total. The van der Waals surface area contributed by atoms with Crippen molar-refractivity contribution in [1.29, 1.82) is 0 Å². The van der Waals surface area contributed by atoms with E-state index in [1.54, 1.807) is 13.0 Å². The average Bonchev–Trinajstić information content (AvgIpc) is 2.78. The summed E-state index contributed by atoms with van der Waals surface area (Å²) >= 11 is 6.42. The van der Waals surface area contributed by atoms with Crippen LogP contribution in [0.3, 0.4) is 0 Å². The maximum atomic E-state index is 12.1. The number of carbonyl (C=O) groups excluding carboxylic acids is 1. The molecule has 0 atom stereocenters. The summed E-state index contributed by atoms with van der Waals surface area (Å²) in [5, 5.41) is 0.571. The summed E-state index contributed by atoms with van der Waals surface area (Å²) < 4.78 is 0. The summed E-state index contributed by atoms with van der Waals surface area (Å²) in [6.45, 7) is 5.41. The molecule has 0 N–H and O–H groups in total. The highest BCUT2D eigenvalue weighted by atomic mass is 35.5. The Morgan fingerprint density at radius 3 is 2.63 bits per heavy atom. The molecule has 0 bridgehead atoms. The smallest absolute Gasteiger partial charge is 0.189 e. The minimum absolute atomic E-state index is 0.0799. The topological polar surface area (TPSA) is 17.1 Å². The van der Waals surface area contributed by atoms with Crippen molar-refractivity contribution < 1.29 is 4.79 Å². The Balaban J connectivity index is 2.18. The molecule has 2 heteroatoms. The number of hydrogen-bond acceptors (Lipinski definition) is 1. The van der Waals surface area contributed by atoms with Crippen LogP contribution in [0.15, 0.2) is 48.6 Å². The molecule has 1 aliphatic rings. The highest BCUT2D eigenvalue weighted by Crippen LogP contribution is 2.41. The van der Waals surface area contributed by atoms with Crippen molar-refractivity contribution >= 4 is 17.4 Å². The molecule has 19 heavy (non-hydrogen) atoms. The molecule has 0 saturated heterocycles. The third kappa shape index (κ3) is 1.82. The number of carbonyl (C=O) groups is 1. The molecule has 0 fully saturated rings. The van der Waals surface area contributed by atoms with E-state index in [2.05, 4.69) is 18.7 Å². The molecule has 94 valence electrons. The molecule has 0 aliphatic heterocycles. The largest absolute Gasteiger partial charge is 0.289 e. The first-order valence-corrected chi connectivity index (χ1v) is 6.57. The summed E-state index contributed by atoms with van der Waals surface area (Å²) in [6, 6.07) is 12.0. The fourth-order valence-electron chi connectivity index (χ4n) is 2.58. The van der Waals surface area contributed by atoms with Gasteiger partial charge in [-0.1, -0.05) is 48.5 Å². The quantitative estimate of drug-likeness (QED) is 0.488. The molecule has 0 amide bonds. The fourth-order valence-corrected chi connectivity index (χ4v) is 2.90. The SMILES string of the molecule is C=C(C)C(=O)c1ccc2c(c1Cl)Cc1ccccc1-2. The zero-order chi connectivity index (χ0) is 13.6. The lowest BCUT2D eigenvalue weighted by atomic mass is 9.99. The van der Waals surface area contributed by atoms with E-state index in [1.807, 2.05) is 18.2 Å². The van der Waals surface area contributed by atoms with Crippen LogP contribution in [0.4, 0.5) is 0 Å². The van der Waals surface area contributed by atoms with Crippen molar-refractivity contribution in [2.75, 3.05) is 0 Å². The number of ketones is 1. The number of rotatable bonds is 2. The first kappa shape index (κ1) is 12.2. The summed E-state index contributed by atoms with van der Waals surface area (Å²) in [6.07, 6.45) is 0.793. The van der Waals surface area contributed by atoms with Gasteiger partial charge in [-0.3, -0.25) is 4.79 Å². The number of Topliss-reactive ketones (excluding diaryl/α,β-unsaturated/α-hetero) is 1. The number of allylic oxidation sites excluding steroid dienone is 1. The second-order valence-electron chi connectivity index (χ2n) is 4.90. The van der Waals surface area contributed by atoms with Crippen LogP contribution in [0.2, 0.25) is 5.02 Å². The van der Waals surface area contributed by atoms with E-state index < -0.39 is 0 Å². The monoisotopic (exact) mass is 268 g/mol. The highest BCUT2D eigenvalue weighted by molar-refractivity contribution is 6.36. The van der Waals surface area contributed by atoms with E-state index in [0.29, 0.717) is 16.2 Å². The van der Waals surface area contributed by atoms with E-state index in [-0.39, 0.29) is 5.78 Å². The third-order valence-corrected chi connectivity index (χ3v) is 3.98. The molecule has 2 aromatic carbocycles. The van der Waals surface area contributed by atoms with Gasteiger partial charge < -0.3 is 0 Å². The van der Waals surface area contributed by atoms with Crippen LogP contribution in [0.25, 0.3) is 11.1 Å². The summed E-state index contributed by atoms with van der Waals surface area (Å²) in [5.74, 6) is -0.0799. The normalized spacial score (nSPS) is 11.9. The molecule has 3 rings (SSSR count). The zero-order valence-corrected chi connectivity index (χ0v) is 11.4. The minimum Gasteiger partial charge on any atom is -0.289 e. The van der Waals surface area contributed by atoms with Gasteiger partial charge in [-0.05, 0) is 40.8 Å². The van der Waals surface area contributed by atoms with Crippen LogP contribution in [-0.2, 0) is 6.42 Å². The average molecular weight is 269 g/mol. The van der Waals surface area contributed by atoms with E-state index in [4.69, 9.17) is 11.6 Å². The lowest BCUT2D eigenvalue weighted by Gasteiger charge is -2.08. The molecule has 0 aromatic heterocycles. The molecule has 0 unspecified atom stereocenters. The predicted molar refractivity (Wildman–Crippen MR) is 78.8 cm³/mol. The minimum atomic E-state index is -0.0799. The van der Waals surface area contributed by atoms with Gasteiger partial charge in [-0.15, -0.1) is 0 Å². The predicted octanol–water partition coefficient (Wildman–Crippen LogP) is 4.67.